The summed E-state index contributed by atoms with van der Waals surface area (Å²) in [5.74, 6) is -0.518. The number of ether oxygens (including phenoxy) is 3. The minimum Gasteiger partial charge on any atom is -0.465 e. The zero-order chi connectivity index (χ0) is 16.5. The predicted octanol–water partition coefficient (Wildman–Crippen LogP) is 4.17. The van der Waals surface area contributed by atoms with Crippen molar-refractivity contribution in [2.24, 2.45) is 0 Å². The summed E-state index contributed by atoms with van der Waals surface area (Å²) in [6.07, 6.45) is 1.86. The summed E-state index contributed by atoms with van der Waals surface area (Å²) in [7, 11) is 0. The molecule has 0 amide bonds. The Labute approximate surface area is 144 Å². The lowest BCUT2D eigenvalue weighted by molar-refractivity contribution is -0.149. The third-order valence-corrected chi connectivity index (χ3v) is 3.50. The van der Waals surface area contributed by atoms with E-state index in [1.54, 1.807) is 0 Å². The van der Waals surface area contributed by atoms with Crippen LogP contribution in [-0.2, 0) is 14.3 Å². The molecule has 8 heteroatoms. The summed E-state index contributed by atoms with van der Waals surface area (Å²) in [6, 6.07) is 1.39. The lowest BCUT2D eigenvalue weighted by atomic mass is 10.3. The van der Waals surface area contributed by atoms with Crippen LogP contribution in [0, 0.1) is 0 Å². The fourth-order valence-electron chi connectivity index (χ4n) is 1.39. The second-order valence-corrected chi connectivity index (χ2v) is 5.73. The van der Waals surface area contributed by atoms with Crippen LogP contribution in [-0.4, -0.2) is 36.9 Å². The number of aromatic nitrogens is 1. The van der Waals surface area contributed by atoms with E-state index in [4.69, 9.17) is 49.0 Å². The highest BCUT2D eigenvalue weighted by Crippen LogP contribution is 2.30. The van der Waals surface area contributed by atoms with Crippen LogP contribution in [0.25, 0.3) is 0 Å². The molecule has 0 aromatic carbocycles. The summed E-state index contributed by atoms with van der Waals surface area (Å²) in [4.78, 5) is 15.4. The first kappa shape index (κ1) is 19.3. The standard InChI is InChI=1S/C14H18Cl3NO4/c1-3-4-5-20-9(2)7-21-12(19)8-22-14-11(16)6-10(15)13(17)18-14/h6,9H,3-5,7-8H2,1-2H3. The fraction of sp³-hybridized carbons (Fsp3) is 0.571. The van der Waals surface area contributed by atoms with Crippen LogP contribution >= 0.6 is 34.8 Å². The van der Waals surface area contributed by atoms with Gasteiger partial charge >= 0.3 is 5.97 Å². The molecule has 0 radical (unpaired) electrons. The average Bonchev–Trinajstić information content (AvgIpc) is 2.47. The number of pyridine rings is 1. The lowest BCUT2D eigenvalue weighted by Crippen LogP contribution is -2.23. The molecule has 0 aliphatic rings. The molecule has 0 fully saturated rings. The topological polar surface area (TPSA) is 57.7 Å². The SMILES string of the molecule is CCCCOC(C)COC(=O)COc1nc(Cl)c(Cl)cc1Cl. The number of hydrogen-bond donors (Lipinski definition) is 0. The van der Waals surface area contributed by atoms with Gasteiger partial charge in [-0.1, -0.05) is 48.1 Å². The molecule has 0 aliphatic carbocycles. The van der Waals surface area contributed by atoms with E-state index >= 15 is 0 Å². The van der Waals surface area contributed by atoms with Crippen molar-refractivity contribution in [2.45, 2.75) is 32.8 Å². The molecule has 1 aromatic heterocycles. The van der Waals surface area contributed by atoms with Gasteiger partial charge in [0.2, 0.25) is 5.88 Å². The second-order valence-electron chi connectivity index (χ2n) is 4.55. The highest BCUT2D eigenvalue weighted by Gasteiger charge is 2.13. The Morgan fingerprint density at radius 2 is 2.05 bits per heavy atom. The number of carbonyl (C=O) groups is 1. The molecule has 0 spiro atoms. The van der Waals surface area contributed by atoms with Crippen molar-refractivity contribution < 1.29 is 19.0 Å². The molecular weight excluding hydrogens is 353 g/mol. The molecule has 1 atom stereocenters. The number of hydrogen-bond acceptors (Lipinski definition) is 5. The minimum atomic E-state index is -0.546. The molecule has 0 N–H and O–H groups in total. The highest BCUT2D eigenvalue weighted by molar-refractivity contribution is 6.42. The van der Waals surface area contributed by atoms with Gasteiger partial charge in [-0.15, -0.1) is 0 Å². The third-order valence-electron chi connectivity index (χ3n) is 2.56. The Balaban J connectivity index is 2.33. The number of esters is 1. The molecule has 0 aliphatic heterocycles. The Bertz CT molecular complexity index is 499. The Morgan fingerprint density at radius 1 is 1.32 bits per heavy atom. The van der Waals surface area contributed by atoms with Gasteiger partial charge in [0.25, 0.3) is 0 Å². The molecule has 0 saturated heterocycles. The van der Waals surface area contributed by atoms with Gasteiger partial charge in [0.15, 0.2) is 11.8 Å². The van der Waals surface area contributed by atoms with Crippen LogP contribution in [0.5, 0.6) is 5.88 Å². The van der Waals surface area contributed by atoms with Crippen LogP contribution in [0.15, 0.2) is 6.07 Å². The van der Waals surface area contributed by atoms with Gasteiger partial charge in [-0.3, -0.25) is 0 Å². The van der Waals surface area contributed by atoms with Gasteiger partial charge in [0, 0.05) is 6.61 Å². The zero-order valence-electron chi connectivity index (χ0n) is 12.4. The third kappa shape index (κ3) is 7.01. The monoisotopic (exact) mass is 369 g/mol. The van der Waals surface area contributed by atoms with Gasteiger partial charge in [-0.25, -0.2) is 4.79 Å². The number of carbonyl (C=O) groups excluding carboxylic acids is 1. The Hall–Kier alpha value is -0.750. The molecule has 124 valence electrons. The zero-order valence-corrected chi connectivity index (χ0v) is 14.7. The van der Waals surface area contributed by atoms with Gasteiger partial charge < -0.3 is 14.2 Å². The molecule has 1 rings (SSSR count). The summed E-state index contributed by atoms with van der Waals surface area (Å²) in [6.45, 7) is 4.39. The summed E-state index contributed by atoms with van der Waals surface area (Å²) >= 11 is 17.4. The number of unbranched alkanes of at least 4 members (excludes halogenated alkanes) is 1. The van der Waals surface area contributed by atoms with Crippen LogP contribution in [0.3, 0.4) is 0 Å². The molecule has 0 bridgehead atoms. The first-order valence-corrected chi connectivity index (χ1v) is 7.99. The largest absolute Gasteiger partial charge is 0.465 e. The quantitative estimate of drug-likeness (QED) is 0.371. The van der Waals surface area contributed by atoms with E-state index < -0.39 is 5.97 Å². The highest BCUT2D eigenvalue weighted by atomic mass is 35.5. The van der Waals surface area contributed by atoms with Crippen molar-refractivity contribution in [1.29, 1.82) is 0 Å². The van der Waals surface area contributed by atoms with Gasteiger partial charge in [-0.05, 0) is 19.4 Å². The van der Waals surface area contributed by atoms with Crippen molar-refractivity contribution in [3.63, 3.8) is 0 Å². The van der Waals surface area contributed by atoms with Crippen LogP contribution < -0.4 is 4.74 Å². The summed E-state index contributed by atoms with van der Waals surface area (Å²) in [5, 5.41) is 0.422. The Kier molecular flexibility index (Phi) is 8.86. The smallest absolute Gasteiger partial charge is 0.344 e. The van der Waals surface area contributed by atoms with Crippen LogP contribution in [0.1, 0.15) is 26.7 Å². The number of nitrogens with zero attached hydrogens (tertiary/aromatic N) is 1. The van der Waals surface area contributed by atoms with Gasteiger partial charge in [0.05, 0.1) is 11.1 Å². The normalized spacial score (nSPS) is 12.0. The summed E-state index contributed by atoms with van der Waals surface area (Å²) in [5.41, 5.74) is 0. The van der Waals surface area contributed by atoms with E-state index in [9.17, 15) is 4.79 Å². The lowest BCUT2D eigenvalue weighted by Gasteiger charge is -2.13. The molecular formula is C14H18Cl3NO4. The molecule has 22 heavy (non-hydrogen) atoms. The van der Waals surface area contributed by atoms with E-state index in [0.717, 1.165) is 12.8 Å². The molecule has 0 saturated carbocycles. The maximum atomic E-state index is 11.6. The number of rotatable bonds is 9. The van der Waals surface area contributed by atoms with E-state index in [2.05, 4.69) is 11.9 Å². The second kappa shape index (κ2) is 10.1. The van der Waals surface area contributed by atoms with Crippen molar-refractivity contribution in [2.75, 3.05) is 19.8 Å². The predicted molar refractivity (Wildman–Crippen MR) is 86.0 cm³/mol. The maximum Gasteiger partial charge on any atom is 0.344 e. The van der Waals surface area contributed by atoms with E-state index in [1.807, 2.05) is 6.92 Å². The van der Waals surface area contributed by atoms with Gasteiger partial charge in [0.1, 0.15) is 11.6 Å². The van der Waals surface area contributed by atoms with E-state index in [1.165, 1.54) is 6.07 Å². The molecule has 1 heterocycles. The molecule has 1 unspecified atom stereocenters. The first-order chi connectivity index (χ1) is 10.4. The van der Waals surface area contributed by atoms with E-state index in [0.29, 0.717) is 6.61 Å². The van der Waals surface area contributed by atoms with Crippen LogP contribution in [0.2, 0.25) is 15.2 Å². The van der Waals surface area contributed by atoms with Crippen molar-refractivity contribution >= 4 is 40.8 Å². The molecule has 1 aromatic rings. The maximum absolute atomic E-state index is 11.6. The molecule has 5 nitrogen and oxygen atoms in total. The first-order valence-electron chi connectivity index (χ1n) is 6.85. The fourth-order valence-corrected chi connectivity index (χ4v) is 1.93. The van der Waals surface area contributed by atoms with Crippen molar-refractivity contribution in [3.8, 4) is 5.88 Å². The van der Waals surface area contributed by atoms with Crippen molar-refractivity contribution in [1.82, 2.24) is 4.98 Å². The van der Waals surface area contributed by atoms with Crippen molar-refractivity contribution in [3.05, 3.63) is 21.3 Å². The Morgan fingerprint density at radius 3 is 2.73 bits per heavy atom. The number of halogens is 3. The average molecular weight is 371 g/mol. The van der Waals surface area contributed by atoms with Crippen LogP contribution in [0.4, 0.5) is 0 Å². The van der Waals surface area contributed by atoms with Gasteiger partial charge in [-0.2, -0.15) is 4.98 Å². The minimum absolute atomic E-state index is 0.0280. The summed E-state index contributed by atoms with van der Waals surface area (Å²) < 4.78 is 15.7. The van der Waals surface area contributed by atoms with E-state index in [-0.39, 0.29) is 40.4 Å².